The van der Waals surface area contributed by atoms with Crippen molar-refractivity contribution in [2.24, 2.45) is 5.92 Å². The van der Waals surface area contributed by atoms with Gasteiger partial charge in [-0.25, -0.2) is 0 Å². The molecule has 31 heavy (non-hydrogen) atoms. The second-order valence-electron chi connectivity index (χ2n) is 9.28. The number of nitrogens with one attached hydrogen (secondary N) is 1. The second-order valence-corrected chi connectivity index (χ2v) is 9.28. The van der Waals surface area contributed by atoms with Crippen molar-refractivity contribution < 1.29 is 9.59 Å². The molecule has 5 heteroatoms. The maximum Gasteiger partial charge on any atom is 0.251 e. The Hall–Kier alpha value is -2.82. The molecule has 2 amide bonds. The van der Waals surface area contributed by atoms with Gasteiger partial charge in [-0.2, -0.15) is 0 Å². The third-order valence-electron chi connectivity index (χ3n) is 6.61. The first kappa shape index (κ1) is 22.9. The zero-order valence-electron chi connectivity index (χ0n) is 19.4. The molecule has 1 atom stereocenters. The van der Waals surface area contributed by atoms with Crippen molar-refractivity contribution in [2.45, 2.75) is 52.1 Å². The number of carbonyl (C=O) groups is 2. The van der Waals surface area contributed by atoms with Crippen molar-refractivity contribution in [3.63, 3.8) is 0 Å². The number of aryl methyl sites for hydroxylation is 1. The summed E-state index contributed by atoms with van der Waals surface area (Å²) in [6, 6.07) is 17.3. The summed E-state index contributed by atoms with van der Waals surface area (Å²) >= 11 is 0. The van der Waals surface area contributed by atoms with Gasteiger partial charge < -0.3 is 15.1 Å². The minimum Gasteiger partial charge on any atom is -0.369 e. The Morgan fingerprint density at radius 1 is 1.03 bits per heavy atom. The fraction of sp³-hybridized carbons (Fsp3) is 0.462. The van der Waals surface area contributed by atoms with Gasteiger partial charge in [0.05, 0.1) is 0 Å². The lowest BCUT2D eigenvalue weighted by Crippen LogP contribution is -2.57. The molecule has 2 aromatic rings. The largest absolute Gasteiger partial charge is 0.369 e. The zero-order chi connectivity index (χ0) is 22.6. The number of carbonyl (C=O) groups excluding carboxylic acids is 2. The molecule has 1 unspecified atom stereocenters. The van der Waals surface area contributed by atoms with Crippen LogP contribution in [0.1, 0.15) is 49.5 Å². The average molecular weight is 422 g/mol. The Bertz CT molecular complexity index is 902. The molecule has 0 spiro atoms. The smallest absolute Gasteiger partial charge is 0.251 e. The van der Waals surface area contributed by atoms with Crippen molar-refractivity contribution in [3.8, 4) is 0 Å². The Balaban J connectivity index is 1.65. The van der Waals surface area contributed by atoms with Crippen LogP contribution < -0.4 is 10.2 Å². The number of anilines is 1. The first-order valence-corrected chi connectivity index (χ1v) is 11.2. The molecule has 0 aliphatic carbocycles. The molecule has 1 aliphatic rings. The second kappa shape index (κ2) is 9.54. The monoisotopic (exact) mass is 421 g/mol. The van der Waals surface area contributed by atoms with E-state index in [1.54, 1.807) is 6.07 Å². The van der Waals surface area contributed by atoms with Gasteiger partial charge >= 0.3 is 0 Å². The van der Waals surface area contributed by atoms with E-state index in [-0.39, 0.29) is 23.3 Å². The third kappa shape index (κ3) is 5.27. The number of amides is 2. The summed E-state index contributed by atoms with van der Waals surface area (Å²) in [4.78, 5) is 30.3. The molecule has 1 aliphatic heterocycles. The third-order valence-corrected chi connectivity index (χ3v) is 6.61. The van der Waals surface area contributed by atoms with E-state index in [0.717, 1.165) is 18.4 Å². The molecule has 1 N–H and O–H groups in total. The maximum atomic E-state index is 13.3. The summed E-state index contributed by atoms with van der Waals surface area (Å²) in [6.07, 6.45) is 1.78. The van der Waals surface area contributed by atoms with Gasteiger partial charge in [-0.05, 0) is 56.9 Å². The Labute approximate surface area is 186 Å². The van der Waals surface area contributed by atoms with Crippen LogP contribution in [-0.4, -0.2) is 48.4 Å². The molecule has 0 aromatic heterocycles. The number of benzene rings is 2. The first-order chi connectivity index (χ1) is 14.7. The summed E-state index contributed by atoms with van der Waals surface area (Å²) in [7, 11) is 2.13. The molecular weight excluding hydrogens is 386 g/mol. The fourth-order valence-electron chi connectivity index (χ4n) is 4.23. The molecule has 3 rings (SSSR count). The molecule has 166 valence electrons. The molecule has 5 nitrogen and oxygen atoms in total. The average Bonchev–Trinajstić information content (AvgIpc) is 2.77. The van der Waals surface area contributed by atoms with Crippen molar-refractivity contribution in [2.75, 3.05) is 25.0 Å². The molecule has 2 aromatic carbocycles. The van der Waals surface area contributed by atoms with Gasteiger partial charge in [0.2, 0.25) is 5.91 Å². The van der Waals surface area contributed by atoms with Crippen molar-refractivity contribution in [1.29, 1.82) is 0 Å². The predicted molar refractivity (Wildman–Crippen MR) is 126 cm³/mol. The van der Waals surface area contributed by atoms with Crippen LogP contribution in [0.5, 0.6) is 0 Å². The van der Waals surface area contributed by atoms with Crippen LogP contribution in [0, 0.1) is 12.8 Å². The van der Waals surface area contributed by atoms with E-state index in [2.05, 4.69) is 48.5 Å². The van der Waals surface area contributed by atoms with Gasteiger partial charge in [-0.3, -0.25) is 9.59 Å². The lowest BCUT2D eigenvalue weighted by molar-refractivity contribution is -0.135. The Morgan fingerprint density at radius 3 is 2.26 bits per heavy atom. The summed E-state index contributed by atoms with van der Waals surface area (Å²) in [6.45, 7) is 9.57. The van der Waals surface area contributed by atoms with Crippen LogP contribution in [0.2, 0.25) is 0 Å². The Morgan fingerprint density at radius 2 is 1.68 bits per heavy atom. The summed E-state index contributed by atoms with van der Waals surface area (Å²) in [5, 5.41) is 2.99. The highest BCUT2D eigenvalue weighted by Crippen LogP contribution is 2.32. The van der Waals surface area contributed by atoms with Gasteiger partial charge in [0.15, 0.2) is 0 Å². The quantitative estimate of drug-likeness (QED) is 0.758. The summed E-state index contributed by atoms with van der Waals surface area (Å²) in [5.74, 6) is -0.164. The molecule has 0 radical (unpaired) electrons. The van der Waals surface area contributed by atoms with Crippen LogP contribution in [0.15, 0.2) is 54.6 Å². The van der Waals surface area contributed by atoms with Crippen LogP contribution >= 0.6 is 0 Å². The first-order valence-electron chi connectivity index (χ1n) is 11.2. The van der Waals surface area contributed by atoms with E-state index in [1.165, 1.54) is 5.69 Å². The van der Waals surface area contributed by atoms with Crippen LogP contribution in [0.25, 0.3) is 0 Å². The molecule has 1 fully saturated rings. The minimum absolute atomic E-state index is 0.00370. The number of para-hydroxylation sites is 1. The lowest BCUT2D eigenvalue weighted by atomic mass is 9.87. The van der Waals surface area contributed by atoms with E-state index in [0.29, 0.717) is 18.7 Å². The van der Waals surface area contributed by atoms with Crippen molar-refractivity contribution >= 4 is 17.5 Å². The molecular formula is C26H35N3O2. The number of hydrogen-bond acceptors (Lipinski definition) is 3. The van der Waals surface area contributed by atoms with Crippen LogP contribution in [0.4, 0.5) is 5.69 Å². The van der Waals surface area contributed by atoms with E-state index >= 15 is 0 Å². The van der Waals surface area contributed by atoms with Crippen molar-refractivity contribution in [1.82, 2.24) is 10.2 Å². The van der Waals surface area contributed by atoms with Gasteiger partial charge in [0.1, 0.15) is 6.04 Å². The van der Waals surface area contributed by atoms with E-state index in [4.69, 9.17) is 0 Å². The standard InChI is InChI=1S/C26H35N3O2/c1-19(2)23(27-24(30)21-11-9-10-20(3)18-21)25(31)29-16-14-26(4,15-17-29)28(5)22-12-7-6-8-13-22/h6-13,18-19,23H,14-17H2,1-5H3,(H,27,30). The van der Waals surface area contributed by atoms with Gasteiger partial charge in [-0.1, -0.05) is 49.7 Å². The highest BCUT2D eigenvalue weighted by atomic mass is 16.2. The zero-order valence-corrected chi connectivity index (χ0v) is 19.4. The van der Waals surface area contributed by atoms with E-state index < -0.39 is 6.04 Å². The topological polar surface area (TPSA) is 52.7 Å². The SMILES string of the molecule is Cc1cccc(C(=O)NC(C(=O)N2CCC(C)(N(C)c3ccccc3)CC2)C(C)C)c1. The summed E-state index contributed by atoms with van der Waals surface area (Å²) in [5.41, 5.74) is 2.80. The van der Waals surface area contributed by atoms with Crippen LogP contribution in [-0.2, 0) is 4.79 Å². The van der Waals surface area contributed by atoms with Gasteiger partial charge in [0.25, 0.3) is 5.91 Å². The fourth-order valence-corrected chi connectivity index (χ4v) is 4.23. The molecule has 1 saturated heterocycles. The predicted octanol–water partition coefficient (Wildman–Crippen LogP) is 4.27. The maximum absolute atomic E-state index is 13.3. The van der Waals surface area contributed by atoms with E-state index in [9.17, 15) is 9.59 Å². The highest BCUT2D eigenvalue weighted by molar-refractivity contribution is 5.97. The Kier molecular flexibility index (Phi) is 7.04. The van der Waals surface area contributed by atoms with Gasteiger partial charge in [-0.15, -0.1) is 0 Å². The van der Waals surface area contributed by atoms with Crippen LogP contribution in [0.3, 0.4) is 0 Å². The number of likely N-dealkylation sites (tertiary alicyclic amines) is 1. The molecule has 1 heterocycles. The van der Waals surface area contributed by atoms with Gasteiger partial charge in [0, 0.05) is 36.9 Å². The lowest BCUT2D eigenvalue weighted by Gasteiger charge is -2.47. The normalized spacial score (nSPS) is 16.6. The number of rotatable bonds is 6. The minimum atomic E-state index is -0.524. The van der Waals surface area contributed by atoms with E-state index in [1.807, 2.05) is 49.9 Å². The summed E-state index contributed by atoms with van der Waals surface area (Å²) < 4.78 is 0. The highest BCUT2D eigenvalue weighted by Gasteiger charge is 2.38. The molecule has 0 bridgehead atoms. The van der Waals surface area contributed by atoms with Crippen molar-refractivity contribution in [3.05, 3.63) is 65.7 Å². The number of hydrogen-bond donors (Lipinski definition) is 1. The molecule has 0 saturated carbocycles. The number of piperidine rings is 1. The number of nitrogens with zero attached hydrogens (tertiary/aromatic N) is 2.